The SMILES string of the molecule is CC(=O)Nc1cc(Nc2nc(-c3nn(Cc4c(F)cc(OCCO[Si](C)(C)C(C)(C)C)cc4F)c4ccccc34)nc3c2CCC3)ccn1. The van der Waals surface area contributed by atoms with Crippen molar-refractivity contribution in [1.29, 1.82) is 0 Å². The van der Waals surface area contributed by atoms with Crippen molar-refractivity contribution in [2.45, 2.75) is 71.6 Å². The van der Waals surface area contributed by atoms with E-state index in [9.17, 15) is 4.79 Å². The number of benzene rings is 2. The van der Waals surface area contributed by atoms with E-state index in [2.05, 4.69) is 49.5 Å². The third-order valence-corrected chi connectivity index (χ3v) is 13.7. The Labute approximate surface area is 285 Å². The van der Waals surface area contributed by atoms with Gasteiger partial charge in [0.1, 0.15) is 41.3 Å². The van der Waals surface area contributed by atoms with E-state index in [0.29, 0.717) is 41.0 Å². The van der Waals surface area contributed by atoms with Gasteiger partial charge in [0, 0.05) is 59.2 Å². The first-order valence-corrected chi connectivity index (χ1v) is 19.3. The summed E-state index contributed by atoms with van der Waals surface area (Å²) in [6.45, 7) is 12.6. The molecule has 1 aliphatic carbocycles. The predicted octanol–water partition coefficient (Wildman–Crippen LogP) is 7.81. The first-order valence-electron chi connectivity index (χ1n) is 16.4. The van der Waals surface area contributed by atoms with Gasteiger partial charge in [-0.25, -0.2) is 23.7 Å². The summed E-state index contributed by atoms with van der Waals surface area (Å²) in [5.41, 5.74) is 3.70. The number of nitrogens with one attached hydrogen (secondary N) is 2. The molecule has 0 saturated carbocycles. The molecule has 2 aromatic carbocycles. The normalized spacial score (nSPS) is 13.1. The number of fused-ring (bicyclic) bond motifs is 2. The Morgan fingerprint density at radius 1 is 1.02 bits per heavy atom. The molecule has 0 radical (unpaired) electrons. The number of carbonyl (C=O) groups excluding carboxylic acids is 1. The van der Waals surface area contributed by atoms with Crippen molar-refractivity contribution in [2.75, 3.05) is 23.8 Å². The molecule has 1 amide bonds. The molecule has 6 rings (SSSR count). The van der Waals surface area contributed by atoms with E-state index in [0.717, 1.165) is 35.9 Å². The fourth-order valence-corrected chi connectivity index (χ4v) is 6.61. The number of halogens is 2. The molecule has 0 aliphatic heterocycles. The van der Waals surface area contributed by atoms with E-state index in [1.54, 1.807) is 23.0 Å². The minimum atomic E-state index is -1.96. The molecule has 1 aliphatic rings. The van der Waals surface area contributed by atoms with Crippen LogP contribution in [-0.4, -0.2) is 52.2 Å². The van der Waals surface area contributed by atoms with E-state index in [1.807, 2.05) is 24.3 Å². The lowest BCUT2D eigenvalue weighted by molar-refractivity contribution is -0.114. The fraction of sp³-hybridized carbons (Fsp3) is 0.361. The van der Waals surface area contributed by atoms with E-state index in [1.165, 1.54) is 19.1 Å². The highest BCUT2D eigenvalue weighted by atomic mass is 28.4. The molecule has 0 fully saturated rings. The highest BCUT2D eigenvalue weighted by Crippen LogP contribution is 2.37. The van der Waals surface area contributed by atoms with E-state index >= 15 is 8.78 Å². The van der Waals surface area contributed by atoms with Crippen LogP contribution in [-0.2, 0) is 28.6 Å². The Balaban J connectivity index is 1.26. The maximum absolute atomic E-state index is 15.4. The maximum Gasteiger partial charge on any atom is 0.222 e. The molecule has 13 heteroatoms. The summed E-state index contributed by atoms with van der Waals surface area (Å²) in [6.07, 6.45) is 4.15. The zero-order valence-electron chi connectivity index (χ0n) is 28.7. The largest absolute Gasteiger partial charge is 0.491 e. The maximum atomic E-state index is 15.4. The van der Waals surface area contributed by atoms with Crippen LogP contribution >= 0.6 is 0 Å². The van der Waals surface area contributed by atoms with Crippen LogP contribution in [0, 0.1) is 11.6 Å². The summed E-state index contributed by atoms with van der Waals surface area (Å²) >= 11 is 0. The number of amides is 1. The van der Waals surface area contributed by atoms with Crippen molar-refractivity contribution in [1.82, 2.24) is 24.7 Å². The summed E-state index contributed by atoms with van der Waals surface area (Å²) in [5.74, 6) is -0.104. The van der Waals surface area contributed by atoms with Crippen LogP contribution in [0.1, 0.15) is 50.9 Å². The molecule has 2 N–H and O–H groups in total. The Kier molecular flexibility index (Phi) is 9.49. The molecule has 0 spiro atoms. The number of pyridine rings is 1. The number of hydrogen-bond acceptors (Lipinski definition) is 8. The molecular formula is C36H41F2N7O3Si. The van der Waals surface area contributed by atoms with Gasteiger partial charge in [0.2, 0.25) is 5.91 Å². The lowest BCUT2D eigenvalue weighted by Gasteiger charge is -2.36. The van der Waals surface area contributed by atoms with Crippen molar-refractivity contribution in [2.24, 2.45) is 0 Å². The second-order valence-electron chi connectivity index (χ2n) is 13.8. The number of carbonyl (C=O) groups is 1. The third kappa shape index (κ3) is 7.47. The first kappa shape index (κ1) is 34.1. The average Bonchev–Trinajstić information content (AvgIpc) is 3.66. The van der Waals surface area contributed by atoms with Crippen LogP contribution in [0.5, 0.6) is 5.75 Å². The van der Waals surface area contributed by atoms with Crippen molar-refractivity contribution in [3.05, 3.63) is 83.2 Å². The van der Waals surface area contributed by atoms with Gasteiger partial charge in [0.25, 0.3) is 0 Å². The zero-order valence-corrected chi connectivity index (χ0v) is 29.7. The van der Waals surface area contributed by atoms with Gasteiger partial charge in [-0.1, -0.05) is 39.0 Å². The first-order chi connectivity index (χ1) is 23.3. The van der Waals surface area contributed by atoms with Crippen molar-refractivity contribution < 1.29 is 22.7 Å². The molecule has 3 heterocycles. The van der Waals surface area contributed by atoms with Crippen LogP contribution in [0.2, 0.25) is 18.1 Å². The quantitative estimate of drug-likeness (QED) is 0.107. The minimum absolute atomic E-state index is 0.0509. The Hall–Kier alpha value is -4.75. The summed E-state index contributed by atoms with van der Waals surface area (Å²) in [4.78, 5) is 25.6. The van der Waals surface area contributed by atoms with Crippen molar-refractivity contribution in [3.8, 4) is 17.3 Å². The number of nitrogens with zero attached hydrogens (tertiary/aromatic N) is 5. The van der Waals surface area contributed by atoms with Crippen LogP contribution in [0.4, 0.5) is 26.1 Å². The van der Waals surface area contributed by atoms with Crippen molar-refractivity contribution in [3.63, 3.8) is 0 Å². The van der Waals surface area contributed by atoms with E-state index in [4.69, 9.17) is 24.2 Å². The molecule has 5 aromatic rings. The summed E-state index contributed by atoms with van der Waals surface area (Å²) in [7, 11) is -1.96. The molecule has 0 saturated heterocycles. The standard InChI is InChI=1S/C36H41F2N7O3Si/c1-22(46)40-32-18-23(14-15-39-32)41-34-25-11-9-12-30(25)42-35(43-34)33-26-10-7-8-13-31(26)45(44-33)21-27-28(37)19-24(20-29(27)38)47-16-17-48-49(5,6)36(2,3)4/h7-8,10,13-15,18-20H,9,11-12,16-17,21H2,1-6H3,(H2,39,40,41,42,43,46). The van der Waals surface area contributed by atoms with Gasteiger partial charge in [-0.15, -0.1) is 0 Å². The molecule has 0 unspecified atom stereocenters. The van der Waals surface area contributed by atoms with E-state index in [-0.39, 0.29) is 35.4 Å². The number of rotatable bonds is 11. The van der Waals surface area contributed by atoms with Gasteiger partial charge in [0.15, 0.2) is 14.1 Å². The second kappa shape index (κ2) is 13.6. The van der Waals surface area contributed by atoms with Gasteiger partial charge in [-0.3, -0.25) is 9.48 Å². The van der Waals surface area contributed by atoms with Crippen LogP contribution in [0.25, 0.3) is 22.4 Å². The van der Waals surface area contributed by atoms with Crippen molar-refractivity contribution >= 4 is 42.5 Å². The van der Waals surface area contributed by atoms with Gasteiger partial charge in [-0.05, 0) is 49.5 Å². The second-order valence-corrected chi connectivity index (χ2v) is 18.6. The average molecular weight is 686 g/mol. The van der Waals surface area contributed by atoms with Gasteiger partial charge in [-0.2, -0.15) is 5.10 Å². The Morgan fingerprint density at radius 3 is 2.51 bits per heavy atom. The monoisotopic (exact) mass is 685 g/mol. The van der Waals surface area contributed by atoms with Gasteiger partial charge in [0.05, 0.1) is 18.7 Å². The van der Waals surface area contributed by atoms with Crippen LogP contribution in [0.15, 0.2) is 54.7 Å². The Bertz CT molecular complexity index is 2000. The molecule has 3 aromatic heterocycles. The van der Waals surface area contributed by atoms with Gasteiger partial charge >= 0.3 is 0 Å². The number of ether oxygens (including phenoxy) is 1. The van der Waals surface area contributed by atoms with Crippen LogP contribution in [0.3, 0.4) is 0 Å². The molecular weight excluding hydrogens is 645 g/mol. The number of hydrogen-bond donors (Lipinski definition) is 2. The fourth-order valence-electron chi connectivity index (χ4n) is 5.59. The highest BCUT2D eigenvalue weighted by molar-refractivity contribution is 6.74. The summed E-state index contributed by atoms with van der Waals surface area (Å²) in [6, 6.07) is 13.4. The predicted molar refractivity (Wildman–Crippen MR) is 189 cm³/mol. The molecule has 0 bridgehead atoms. The molecule has 49 heavy (non-hydrogen) atoms. The van der Waals surface area contributed by atoms with Gasteiger partial charge < -0.3 is 19.8 Å². The topological polar surface area (TPSA) is 116 Å². The third-order valence-electron chi connectivity index (χ3n) is 9.17. The minimum Gasteiger partial charge on any atom is -0.491 e. The molecule has 10 nitrogen and oxygen atoms in total. The summed E-state index contributed by atoms with van der Waals surface area (Å²) in [5, 5.41) is 11.7. The molecule has 256 valence electrons. The lowest BCUT2D eigenvalue weighted by atomic mass is 10.1. The Morgan fingerprint density at radius 2 is 1.78 bits per heavy atom. The number of aryl methyl sites for hydroxylation is 1. The number of anilines is 3. The highest BCUT2D eigenvalue weighted by Gasteiger charge is 2.37. The zero-order chi connectivity index (χ0) is 34.9. The molecule has 0 atom stereocenters. The smallest absolute Gasteiger partial charge is 0.222 e. The number of aromatic nitrogens is 5. The summed E-state index contributed by atoms with van der Waals surface area (Å²) < 4.78 is 44.3. The van der Waals surface area contributed by atoms with Crippen LogP contribution < -0.4 is 15.4 Å². The number of para-hydroxylation sites is 1. The lowest BCUT2D eigenvalue weighted by Crippen LogP contribution is -2.41. The van der Waals surface area contributed by atoms with E-state index < -0.39 is 20.0 Å².